The summed E-state index contributed by atoms with van der Waals surface area (Å²) in [6.07, 6.45) is 0.375. The SMILES string of the molecule is CCc1ccc(C(O)CON)cc1. The third-order valence-corrected chi connectivity index (χ3v) is 2.03. The van der Waals surface area contributed by atoms with Crippen LogP contribution in [0.4, 0.5) is 0 Å². The Hall–Kier alpha value is -0.900. The Labute approximate surface area is 78.1 Å². The van der Waals surface area contributed by atoms with Crippen molar-refractivity contribution in [3.05, 3.63) is 35.4 Å². The Morgan fingerprint density at radius 3 is 2.46 bits per heavy atom. The highest BCUT2D eigenvalue weighted by atomic mass is 16.6. The fraction of sp³-hybridized carbons (Fsp3) is 0.400. The van der Waals surface area contributed by atoms with Crippen molar-refractivity contribution >= 4 is 0 Å². The van der Waals surface area contributed by atoms with E-state index >= 15 is 0 Å². The van der Waals surface area contributed by atoms with Crippen LogP contribution in [0.5, 0.6) is 0 Å². The highest BCUT2D eigenvalue weighted by molar-refractivity contribution is 5.24. The lowest BCUT2D eigenvalue weighted by Crippen LogP contribution is -2.10. The van der Waals surface area contributed by atoms with E-state index in [1.54, 1.807) is 0 Å². The van der Waals surface area contributed by atoms with E-state index in [0.29, 0.717) is 0 Å². The second kappa shape index (κ2) is 4.97. The lowest BCUT2D eigenvalue weighted by atomic mass is 10.1. The van der Waals surface area contributed by atoms with Gasteiger partial charge in [-0.2, -0.15) is 0 Å². The van der Waals surface area contributed by atoms with Gasteiger partial charge in [-0.25, -0.2) is 5.90 Å². The highest BCUT2D eigenvalue weighted by Crippen LogP contribution is 2.13. The lowest BCUT2D eigenvalue weighted by Gasteiger charge is -2.09. The molecule has 1 atom stereocenters. The Bertz CT molecular complexity index is 246. The van der Waals surface area contributed by atoms with E-state index in [-0.39, 0.29) is 6.61 Å². The Morgan fingerprint density at radius 2 is 2.00 bits per heavy atom. The van der Waals surface area contributed by atoms with Gasteiger partial charge in [-0.05, 0) is 17.5 Å². The van der Waals surface area contributed by atoms with E-state index in [9.17, 15) is 5.11 Å². The molecule has 0 amide bonds. The largest absolute Gasteiger partial charge is 0.386 e. The number of aliphatic hydroxyl groups excluding tert-OH is 1. The van der Waals surface area contributed by atoms with E-state index in [2.05, 4.69) is 11.8 Å². The van der Waals surface area contributed by atoms with E-state index in [4.69, 9.17) is 5.90 Å². The molecule has 0 aliphatic rings. The summed E-state index contributed by atoms with van der Waals surface area (Å²) in [4.78, 5) is 4.36. The summed E-state index contributed by atoms with van der Waals surface area (Å²) in [6.45, 7) is 2.22. The zero-order valence-electron chi connectivity index (χ0n) is 7.73. The Morgan fingerprint density at radius 1 is 1.38 bits per heavy atom. The van der Waals surface area contributed by atoms with Crippen LogP contribution in [-0.4, -0.2) is 11.7 Å². The van der Waals surface area contributed by atoms with Crippen molar-refractivity contribution in [3.8, 4) is 0 Å². The van der Waals surface area contributed by atoms with Gasteiger partial charge in [-0.15, -0.1) is 0 Å². The van der Waals surface area contributed by atoms with Gasteiger partial charge in [-0.1, -0.05) is 31.2 Å². The van der Waals surface area contributed by atoms with Crippen LogP contribution in [0.15, 0.2) is 24.3 Å². The molecule has 0 radical (unpaired) electrons. The van der Waals surface area contributed by atoms with Gasteiger partial charge >= 0.3 is 0 Å². The van der Waals surface area contributed by atoms with Crippen molar-refractivity contribution in [1.29, 1.82) is 0 Å². The first-order valence-electron chi connectivity index (χ1n) is 4.36. The average Bonchev–Trinajstić information content (AvgIpc) is 2.18. The molecule has 3 nitrogen and oxygen atoms in total. The van der Waals surface area contributed by atoms with Crippen LogP contribution in [0.1, 0.15) is 24.2 Å². The molecule has 0 aromatic heterocycles. The minimum absolute atomic E-state index is 0.130. The number of nitrogens with two attached hydrogens (primary N) is 1. The molecule has 1 aromatic rings. The van der Waals surface area contributed by atoms with E-state index in [1.807, 2.05) is 24.3 Å². The second-order valence-electron chi connectivity index (χ2n) is 2.94. The summed E-state index contributed by atoms with van der Waals surface area (Å²) in [5.74, 6) is 4.86. The minimum Gasteiger partial charge on any atom is -0.386 e. The second-order valence-corrected chi connectivity index (χ2v) is 2.94. The molecule has 0 saturated carbocycles. The summed E-state index contributed by atoms with van der Waals surface area (Å²) in [7, 11) is 0. The monoisotopic (exact) mass is 181 g/mol. The molecule has 3 heteroatoms. The van der Waals surface area contributed by atoms with Crippen LogP contribution < -0.4 is 5.90 Å². The van der Waals surface area contributed by atoms with Crippen LogP contribution in [0, 0.1) is 0 Å². The Balaban J connectivity index is 2.67. The van der Waals surface area contributed by atoms with Gasteiger partial charge in [0.25, 0.3) is 0 Å². The molecule has 0 spiro atoms. The normalized spacial score (nSPS) is 12.8. The molecule has 3 N–H and O–H groups in total. The average molecular weight is 181 g/mol. The standard InChI is InChI=1S/C10H15NO2/c1-2-8-3-5-9(6-4-8)10(12)7-13-11/h3-6,10,12H,2,7,11H2,1H3. The third-order valence-electron chi connectivity index (χ3n) is 2.03. The molecule has 0 aliphatic carbocycles. The molecule has 1 rings (SSSR count). The first-order chi connectivity index (χ1) is 6.27. The summed E-state index contributed by atoms with van der Waals surface area (Å²) in [6, 6.07) is 7.77. The van der Waals surface area contributed by atoms with E-state index in [1.165, 1.54) is 5.56 Å². The first kappa shape index (κ1) is 10.2. The number of benzene rings is 1. The van der Waals surface area contributed by atoms with Gasteiger partial charge < -0.3 is 9.94 Å². The molecule has 1 unspecified atom stereocenters. The van der Waals surface area contributed by atoms with Crippen molar-refractivity contribution < 1.29 is 9.94 Å². The third kappa shape index (κ3) is 2.81. The predicted molar refractivity (Wildman–Crippen MR) is 50.9 cm³/mol. The summed E-state index contributed by atoms with van der Waals surface area (Å²) >= 11 is 0. The van der Waals surface area contributed by atoms with Gasteiger partial charge in [0.2, 0.25) is 0 Å². The number of hydrogen-bond donors (Lipinski definition) is 2. The minimum atomic E-state index is -0.629. The van der Waals surface area contributed by atoms with Crippen LogP contribution in [0.3, 0.4) is 0 Å². The first-order valence-corrected chi connectivity index (χ1v) is 4.36. The van der Waals surface area contributed by atoms with Crippen LogP contribution in [-0.2, 0) is 11.3 Å². The molecule has 72 valence electrons. The van der Waals surface area contributed by atoms with Crippen LogP contribution in [0.2, 0.25) is 0 Å². The van der Waals surface area contributed by atoms with E-state index in [0.717, 1.165) is 12.0 Å². The van der Waals surface area contributed by atoms with Gasteiger partial charge in [0.15, 0.2) is 0 Å². The fourth-order valence-corrected chi connectivity index (χ4v) is 1.16. The summed E-state index contributed by atoms with van der Waals surface area (Å²) in [5.41, 5.74) is 2.09. The molecular formula is C10H15NO2. The lowest BCUT2D eigenvalue weighted by molar-refractivity contribution is 0.0359. The van der Waals surface area contributed by atoms with Crippen molar-refractivity contribution in [3.63, 3.8) is 0 Å². The number of rotatable bonds is 4. The van der Waals surface area contributed by atoms with Crippen molar-refractivity contribution in [2.75, 3.05) is 6.61 Å². The molecule has 0 fully saturated rings. The molecule has 0 aliphatic heterocycles. The van der Waals surface area contributed by atoms with E-state index < -0.39 is 6.10 Å². The molecular weight excluding hydrogens is 166 g/mol. The zero-order valence-corrected chi connectivity index (χ0v) is 7.73. The van der Waals surface area contributed by atoms with Gasteiger partial charge in [0.05, 0.1) is 6.61 Å². The summed E-state index contributed by atoms with van der Waals surface area (Å²) in [5, 5.41) is 9.48. The Kier molecular flexibility index (Phi) is 3.89. The predicted octanol–water partition coefficient (Wildman–Crippen LogP) is 1.17. The number of hydrogen-bond acceptors (Lipinski definition) is 3. The van der Waals surface area contributed by atoms with Gasteiger partial charge in [-0.3, -0.25) is 0 Å². The molecule has 13 heavy (non-hydrogen) atoms. The van der Waals surface area contributed by atoms with Crippen LogP contribution >= 0.6 is 0 Å². The zero-order chi connectivity index (χ0) is 9.68. The van der Waals surface area contributed by atoms with Crippen molar-refractivity contribution in [2.45, 2.75) is 19.4 Å². The van der Waals surface area contributed by atoms with Crippen molar-refractivity contribution in [2.24, 2.45) is 5.90 Å². The topological polar surface area (TPSA) is 55.5 Å². The highest BCUT2D eigenvalue weighted by Gasteiger charge is 2.05. The fourth-order valence-electron chi connectivity index (χ4n) is 1.16. The quantitative estimate of drug-likeness (QED) is 0.685. The maximum absolute atomic E-state index is 9.48. The molecule has 0 saturated heterocycles. The molecule has 0 heterocycles. The maximum Gasteiger partial charge on any atom is 0.104 e. The summed E-state index contributed by atoms with van der Waals surface area (Å²) < 4.78 is 0. The van der Waals surface area contributed by atoms with Gasteiger partial charge in [0.1, 0.15) is 6.10 Å². The van der Waals surface area contributed by atoms with Crippen LogP contribution in [0.25, 0.3) is 0 Å². The smallest absolute Gasteiger partial charge is 0.104 e. The van der Waals surface area contributed by atoms with Crippen molar-refractivity contribution in [1.82, 2.24) is 0 Å². The number of aryl methyl sites for hydroxylation is 1. The number of aliphatic hydroxyl groups is 1. The molecule has 0 bridgehead atoms. The molecule has 1 aromatic carbocycles. The van der Waals surface area contributed by atoms with Gasteiger partial charge in [0, 0.05) is 0 Å². The maximum atomic E-state index is 9.48.